The molecule has 0 spiro atoms. The molecule has 2 aromatic heterocycles. The number of ether oxygens (including phenoxy) is 1. The summed E-state index contributed by atoms with van der Waals surface area (Å²) >= 11 is 2.44. The van der Waals surface area contributed by atoms with Crippen LogP contribution in [-0.2, 0) is 11.2 Å². The zero-order valence-corrected chi connectivity index (χ0v) is 13.5. The monoisotopic (exact) mass is 325 g/mol. The molecule has 1 N–H and O–H groups in total. The van der Waals surface area contributed by atoms with Crippen LogP contribution in [0.15, 0.2) is 12.1 Å². The Morgan fingerprint density at radius 1 is 1.24 bits per heavy atom. The minimum absolute atomic E-state index is 0.303. The van der Waals surface area contributed by atoms with E-state index in [1.165, 1.54) is 18.4 Å². The molecule has 0 aliphatic rings. The Kier molecular flexibility index (Phi) is 5.03. The quantitative estimate of drug-likeness (QED) is 0.855. The van der Waals surface area contributed by atoms with Gasteiger partial charge < -0.3 is 4.74 Å². The lowest BCUT2D eigenvalue weighted by Gasteiger charge is -1.98. The van der Waals surface area contributed by atoms with Crippen LogP contribution in [0.3, 0.4) is 0 Å². The Balaban J connectivity index is 2.02. The number of anilines is 1. The van der Waals surface area contributed by atoms with Crippen molar-refractivity contribution in [3.63, 3.8) is 0 Å². The second kappa shape index (κ2) is 6.77. The summed E-state index contributed by atoms with van der Waals surface area (Å²) in [6, 6.07) is 3.15. The summed E-state index contributed by atoms with van der Waals surface area (Å²) in [6.07, 6.45) is 0.832. The van der Waals surface area contributed by atoms with Crippen molar-refractivity contribution in [3.05, 3.63) is 26.9 Å². The highest BCUT2D eigenvalue weighted by Gasteiger charge is 2.16. The van der Waals surface area contributed by atoms with Gasteiger partial charge in [-0.05, 0) is 18.1 Å². The van der Waals surface area contributed by atoms with Gasteiger partial charge in [0.15, 0.2) is 0 Å². The molecule has 0 aliphatic heterocycles. The Labute approximate surface area is 130 Å². The Bertz CT molecular complexity index is 649. The third-order valence-corrected chi connectivity index (χ3v) is 4.41. The number of rotatable bonds is 5. The van der Waals surface area contributed by atoms with E-state index in [1.54, 1.807) is 12.1 Å². The van der Waals surface area contributed by atoms with Crippen molar-refractivity contribution < 1.29 is 14.3 Å². The van der Waals surface area contributed by atoms with E-state index in [4.69, 9.17) is 0 Å². The van der Waals surface area contributed by atoms with Gasteiger partial charge in [0.1, 0.15) is 9.88 Å². The second-order valence-electron chi connectivity index (χ2n) is 4.71. The van der Waals surface area contributed by atoms with Gasteiger partial charge >= 0.3 is 5.97 Å². The molecular formula is C13H15N3O3S2. The number of carbonyl (C=O) groups is 2. The van der Waals surface area contributed by atoms with E-state index in [1.807, 2.05) is 0 Å². The van der Waals surface area contributed by atoms with Crippen LogP contribution in [0.5, 0.6) is 0 Å². The van der Waals surface area contributed by atoms with E-state index in [9.17, 15) is 9.59 Å². The summed E-state index contributed by atoms with van der Waals surface area (Å²) in [5, 5.41) is 12.0. The van der Waals surface area contributed by atoms with Crippen molar-refractivity contribution in [1.29, 1.82) is 0 Å². The first-order valence-electron chi connectivity index (χ1n) is 6.31. The molecule has 0 saturated carbocycles. The SMILES string of the molecule is COC(=O)c1ccc(C(=O)Nc2nnc(CC(C)C)s2)s1. The highest BCUT2D eigenvalue weighted by Crippen LogP contribution is 2.22. The number of esters is 1. The fourth-order valence-corrected chi connectivity index (χ4v) is 3.33. The molecule has 0 unspecified atom stereocenters. The lowest BCUT2D eigenvalue weighted by Crippen LogP contribution is -2.09. The van der Waals surface area contributed by atoms with E-state index in [0.29, 0.717) is 20.8 Å². The van der Waals surface area contributed by atoms with Crippen molar-refractivity contribution in [2.75, 3.05) is 12.4 Å². The van der Waals surface area contributed by atoms with E-state index >= 15 is 0 Å². The van der Waals surface area contributed by atoms with Gasteiger partial charge in [-0.25, -0.2) is 4.79 Å². The van der Waals surface area contributed by atoms with Crippen LogP contribution in [0.4, 0.5) is 5.13 Å². The van der Waals surface area contributed by atoms with Gasteiger partial charge in [-0.15, -0.1) is 21.5 Å². The average Bonchev–Trinajstić information content (AvgIpc) is 3.06. The molecule has 0 bridgehead atoms. The summed E-state index contributed by atoms with van der Waals surface area (Å²) in [4.78, 5) is 24.2. The molecule has 21 heavy (non-hydrogen) atoms. The van der Waals surface area contributed by atoms with Crippen molar-refractivity contribution >= 4 is 39.7 Å². The van der Waals surface area contributed by atoms with E-state index in [-0.39, 0.29) is 5.91 Å². The van der Waals surface area contributed by atoms with Crippen LogP contribution >= 0.6 is 22.7 Å². The first kappa shape index (κ1) is 15.6. The second-order valence-corrected chi connectivity index (χ2v) is 6.85. The Hall–Kier alpha value is -1.80. The summed E-state index contributed by atoms with van der Waals surface area (Å²) in [7, 11) is 1.30. The van der Waals surface area contributed by atoms with Gasteiger partial charge in [-0.1, -0.05) is 25.2 Å². The Morgan fingerprint density at radius 3 is 2.62 bits per heavy atom. The van der Waals surface area contributed by atoms with Crippen molar-refractivity contribution in [1.82, 2.24) is 10.2 Å². The molecule has 0 atom stereocenters. The fraction of sp³-hybridized carbons (Fsp3) is 0.385. The molecular weight excluding hydrogens is 310 g/mol. The van der Waals surface area contributed by atoms with Gasteiger partial charge in [-0.3, -0.25) is 10.1 Å². The molecule has 2 rings (SSSR count). The van der Waals surface area contributed by atoms with Crippen LogP contribution < -0.4 is 5.32 Å². The molecule has 6 nitrogen and oxygen atoms in total. The summed E-state index contributed by atoms with van der Waals surface area (Å²) < 4.78 is 4.61. The van der Waals surface area contributed by atoms with Gasteiger partial charge in [0.25, 0.3) is 5.91 Å². The number of thiophene rings is 1. The fourth-order valence-electron chi connectivity index (χ4n) is 1.56. The summed E-state index contributed by atoms with van der Waals surface area (Å²) in [6.45, 7) is 4.19. The number of carbonyl (C=O) groups excluding carboxylic acids is 2. The molecule has 1 amide bonds. The van der Waals surface area contributed by atoms with Crippen molar-refractivity contribution in [3.8, 4) is 0 Å². The van der Waals surface area contributed by atoms with Crippen molar-refractivity contribution in [2.45, 2.75) is 20.3 Å². The molecule has 0 radical (unpaired) electrons. The minimum atomic E-state index is -0.450. The van der Waals surface area contributed by atoms with Crippen LogP contribution in [0.25, 0.3) is 0 Å². The molecule has 0 saturated heterocycles. The maximum absolute atomic E-state index is 12.1. The molecule has 2 aromatic rings. The number of methoxy groups -OCH3 is 1. The predicted molar refractivity (Wildman–Crippen MR) is 82.1 cm³/mol. The molecule has 0 aliphatic carbocycles. The van der Waals surface area contributed by atoms with Crippen LogP contribution in [0.1, 0.15) is 38.2 Å². The van der Waals surface area contributed by atoms with Crippen molar-refractivity contribution in [2.24, 2.45) is 5.92 Å². The topological polar surface area (TPSA) is 81.2 Å². The van der Waals surface area contributed by atoms with Crippen LogP contribution in [0, 0.1) is 5.92 Å². The maximum Gasteiger partial charge on any atom is 0.348 e. The van der Waals surface area contributed by atoms with Gasteiger partial charge in [-0.2, -0.15) is 0 Å². The number of aromatic nitrogens is 2. The summed E-state index contributed by atoms with van der Waals surface area (Å²) in [5.74, 6) is -0.266. The number of nitrogens with zero attached hydrogens (tertiary/aromatic N) is 2. The average molecular weight is 325 g/mol. The normalized spacial score (nSPS) is 10.7. The first-order valence-corrected chi connectivity index (χ1v) is 7.94. The Morgan fingerprint density at radius 2 is 1.95 bits per heavy atom. The predicted octanol–water partition coefficient (Wildman–Crippen LogP) is 2.84. The van der Waals surface area contributed by atoms with Gasteiger partial charge in [0, 0.05) is 6.42 Å². The van der Waals surface area contributed by atoms with E-state index < -0.39 is 5.97 Å². The molecule has 8 heteroatoms. The van der Waals surface area contributed by atoms with E-state index in [2.05, 4.69) is 34.1 Å². The van der Waals surface area contributed by atoms with Gasteiger partial charge in [0.2, 0.25) is 5.13 Å². The number of hydrogen-bond acceptors (Lipinski definition) is 7. The highest BCUT2D eigenvalue weighted by atomic mass is 32.1. The molecule has 2 heterocycles. The van der Waals surface area contributed by atoms with Crippen LogP contribution in [-0.4, -0.2) is 29.2 Å². The lowest BCUT2D eigenvalue weighted by atomic mass is 10.1. The number of hydrogen-bond donors (Lipinski definition) is 1. The number of nitrogens with one attached hydrogen (secondary N) is 1. The first-order chi connectivity index (χ1) is 9.99. The molecule has 112 valence electrons. The zero-order chi connectivity index (χ0) is 15.4. The maximum atomic E-state index is 12.1. The zero-order valence-electron chi connectivity index (χ0n) is 11.9. The molecule has 0 aromatic carbocycles. The highest BCUT2D eigenvalue weighted by molar-refractivity contribution is 7.17. The lowest BCUT2D eigenvalue weighted by molar-refractivity contribution is 0.0606. The third-order valence-electron chi connectivity index (χ3n) is 2.49. The third kappa shape index (κ3) is 4.08. The largest absolute Gasteiger partial charge is 0.465 e. The standard InChI is InChI=1S/C13H15N3O3S2/c1-7(2)6-10-15-16-13(21-10)14-11(17)8-4-5-9(20-8)12(18)19-3/h4-5,7H,6H2,1-3H3,(H,14,16,17). The van der Waals surface area contributed by atoms with E-state index in [0.717, 1.165) is 22.8 Å². The molecule has 0 fully saturated rings. The summed E-state index contributed by atoms with van der Waals surface area (Å²) in [5.41, 5.74) is 0. The van der Waals surface area contributed by atoms with Gasteiger partial charge in [0.05, 0.1) is 12.0 Å². The minimum Gasteiger partial charge on any atom is -0.465 e. The number of amides is 1. The smallest absolute Gasteiger partial charge is 0.348 e. The van der Waals surface area contributed by atoms with Crippen LogP contribution in [0.2, 0.25) is 0 Å².